The zero-order chi connectivity index (χ0) is 17.2. The minimum atomic E-state index is -0.892. The van der Waals surface area contributed by atoms with Gasteiger partial charge in [-0.2, -0.15) is 0 Å². The lowest BCUT2D eigenvalue weighted by atomic mass is 9.92. The molecule has 5 heteroatoms. The highest BCUT2D eigenvalue weighted by molar-refractivity contribution is 6.03. The molecule has 5 nitrogen and oxygen atoms in total. The molecule has 0 unspecified atom stereocenters. The van der Waals surface area contributed by atoms with E-state index in [2.05, 4.69) is 6.58 Å². The number of hydrogen-bond acceptors (Lipinski definition) is 4. The topological polar surface area (TPSA) is 59.0 Å². The van der Waals surface area contributed by atoms with Gasteiger partial charge in [0.1, 0.15) is 0 Å². The Morgan fingerprint density at radius 2 is 2.04 bits per heavy atom. The molecule has 1 aromatic rings. The van der Waals surface area contributed by atoms with Crippen molar-refractivity contribution in [3.63, 3.8) is 0 Å². The van der Waals surface area contributed by atoms with Crippen LogP contribution in [0.5, 0.6) is 11.5 Å². The summed E-state index contributed by atoms with van der Waals surface area (Å²) in [4.78, 5) is 14.8. The van der Waals surface area contributed by atoms with Crippen LogP contribution in [-0.2, 0) is 11.4 Å². The van der Waals surface area contributed by atoms with E-state index < -0.39 is 5.60 Å². The number of aliphatic hydroxyl groups excluding tert-OH is 1. The Morgan fingerprint density at radius 3 is 2.52 bits per heavy atom. The molecule has 0 aromatic heterocycles. The second-order valence-electron chi connectivity index (χ2n) is 5.96. The number of amides is 1. The summed E-state index contributed by atoms with van der Waals surface area (Å²) in [5.41, 5.74) is 1.28. The van der Waals surface area contributed by atoms with Gasteiger partial charge in [-0.3, -0.25) is 4.79 Å². The third-order valence-electron chi connectivity index (χ3n) is 4.29. The number of methoxy groups -OCH3 is 1. The van der Waals surface area contributed by atoms with Gasteiger partial charge in [0.2, 0.25) is 0 Å². The van der Waals surface area contributed by atoms with Crippen molar-refractivity contribution >= 4 is 11.6 Å². The van der Waals surface area contributed by atoms with Gasteiger partial charge in [0, 0.05) is 6.54 Å². The summed E-state index contributed by atoms with van der Waals surface area (Å²) in [6, 6.07) is 3.51. The summed E-state index contributed by atoms with van der Waals surface area (Å²) in [6.45, 7) is 9.98. The van der Waals surface area contributed by atoms with Crippen molar-refractivity contribution in [2.24, 2.45) is 0 Å². The summed E-state index contributed by atoms with van der Waals surface area (Å²) >= 11 is 0. The largest absolute Gasteiger partial charge is 0.493 e. The summed E-state index contributed by atoms with van der Waals surface area (Å²) in [5, 5.41) is 9.47. The van der Waals surface area contributed by atoms with Crippen molar-refractivity contribution in [3.05, 3.63) is 29.8 Å². The predicted octanol–water partition coefficient (Wildman–Crippen LogP) is 3.05. The fraction of sp³-hybridized carbons (Fsp3) is 0.500. The molecule has 1 aliphatic rings. The summed E-state index contributed by atoms with van der Waals surface area (Å²) in [7, 11) is 1.55. The maximum Gasteiger partial charge on any atom is 0.271 e. The standard InChI is InChI=1S/C18H25NO4/c1-6-18(7-2)17(21)19(10-12(3)4)14-8-13(11-20)9-15(22-5)16(14)23-18/h8-9,20H,3,6-7,10-11H2,1-2,4-5H3. The zero-order valence-corrected chi connectivity index (χ0v) is 14.3. The highest BCUT2D eigenvalue weighted by Crippen LogP contribution is 2.47. The number of nitrogens with zero attached hydrogens (tertiary/aromatic N) is 1. The molecule has 0 spiro atoms. The molecule has 1 N–H and O–H groups in total. The van der Waals surface area contributed by atoms with E-state index in [9.17, 15) is 9.90 Å². The van der Waals surface area contributed by atoms with Gasteiger partial charge < -0.3 is 19.5 Å². The van der Waals surface area contributed by atoms with Gasteiger partial charge in [-0.1, -0.05) is 26.0 Å². The van der Waals surface area contributed by atoms with Gasteiger partial charge in [0.15, 0.2) is 17.1 Å². The monoisotopic (exact) mass is 319 g/mol. The molecule has 1 aliphatic heterocycles. The highest BCUT2D eigenvalue weighted by atomic mass is 16.5. The smallest absolute Gasteiger partial charge is 0.271 e. The lowest BCUT2D eigenvalue weighted by Crippen LogP contribution is -2.56. The highest BCUT2D eigenvalue weighted by Gasteiger charge is 2.46. The second-order valence-corrected chi connectivity index (χ2v) is 5.96. The first-order valence-corrected chi connectivity index (χ1v) is 7.89. The molecule has 0 fully saturated rings. The van der Waals surface area contributed by atoms with Crippen molar-refractivity contribution in [1.29, 1.82) is 0 Å². The van der Waals surface area contributed by atoms with Crippen molar-refractivity contribution in [1.82, 2.24) is 0 Å². The average molecular weight is 319 g/mol. The van der Waals surface area contributed by atoms with Gasteiger partial charge in [0.25, 0.3) is 5.91 Å². The van der Waals surface area contributed by atoms with E-state index in [4.69, 9.17) is 9.47 Å². The number of carbonyl (C=O) groups is 1. The Hall–Kier alpha value is -2.01. The number of hydrogen-bond donors (Lipinski definition) is 1. The van der Waals surface area contributed by atoms with Crippen LogP contribution in [0.3, 0.4) is 0 Å². The van der Waals surface area contributed by atoms with Crippen LogP contribution in [0.25, 0.3) is 0 Å². The number of fused-ring (bicyclic) bond motifs is 1. The third-order valence-corrected chi connectivity index (χ3v) is 4.29. The molecule has 0 radical (unpaired) electrons. The Kier molecular flexibility index (Phi) is 5.00. The fourth-order valence-corrected chi connectivity index (χ4v) is 2.91. The number of carbonyl (C=O) groups excluding carboxylic acids is 1. The lowest BCUT2D eigenvalue weighted by Gasteiger charge is -2.42. The molecule has 0 saturated carbocycles. The van der Waals surface area contributed by atoms with Crippen molar-refractivity contribution in [2.45, 2.75) is 45.8 Å². The number of anilines is 1. The SMILES string of the molecule is C=C(C)CN1C(=O)C(CC)(CC)Oc2c(OC)cc(CO)cc21. The predicted molar refractivity (Wildman–Crippen MR) is 90.0 cm³/mol. The average Bonchev–Trinajstić information content (AvgIpc) is 2.56. The first-order valence-electron chi connectivity index (χ1n) is 7.89. The summed E-state index contributed by atoms with van der Waals surface area (Å²) in [6.07, 6.45) is 1.14. The van der Waals surface area contributed by atoms with Gasteiger partial charge >= 0.3 is 0 Å². The van der Waals surface area contributed by atoms with E-state index >= 15 is 0 Å². The molecular weight excluding hydrogens is 294 g/mol. The molecule has 1 heterocycles. The molecule has 23 heavy (non-hydrogen) atoms. The first kappa shape index (κ1) is 17.3. The van der Waals surface area contributed by atoms with Crippen molar-refractivity contribution in [3.8, 4) is 11.5 Å². The molecule has 1 aromatic carbocycles. The minimum Gasteiger partial charge on any atom is -0.493 e. The molecule has 0 saturated heterocycles. The quantitative estimate of drug-likeness (QED) is 0.819. The van der Waals surface area contributed by atoms with Crippen LogP contribution in [0.2, 0.25) is 0 Å². The Bertz CT molecular complexity index is 620. The Labute approximate surface area is 137 Å². The number of ether oxygens (including phenoxy) is 2. The van der Waals surface area contributed by atoms with Gasteiger partial charge in [-0.15, -0.1) is 0 Å². The van der Waals surface area contributed by atoms with Crippen LogP contribution in [0, 0.1) is 0 Å². The van der Waals surface area contributed by atoms with Crippen LogP contribution in [0.4, 0.5) is 5.69 Å². The molecule has 1 amide bonds. The van der Waals surface area contributed by atoms with E-state index in [1.165, 1.54) is 0 Å². The Balaban J connectivity index is 2.68. The minimum absolute atomic E-state index is 0.0739. The third kappa shape index (κ3) is 2.93. The normalized spacial score (nSPS) is 15.9. The van der Waals surface area contributed by atoms with Crippen LogP contribution >= 0.6 is 0 Å². The second kappa shape index (κ2) is 6.62. The van der Waals surface area contributed by atoms with Gasteiger partial charge in [-0.05, 0) is 37.5 Å². The lowest BCUT2D eigenvalue weighted by molar-refractivity contribution is -0.136. The summed E-state index contributed by atoms with van der Waals surface area (Å²) in [5.74, 6) is 1.00. The van der Waals surface area contributed by atoms with E-state index in [0.717, 1.165) is 5.57 Å². The van der Waals surface area contributed by atoms with Crippen LogP contribution in [0.1, 0.15) is 39.2 Å². The van der Waals surface area contributed by atoms with Crippen LogP contribution < -0.4 is 14.4 Å². The molecule has 2 rings (SSSR count). The van der Waals surface area contributed by atoms with E-state index in [1.807, 2.05) is 20.8 Å². The number of rotatable bonds is 6. The van der Waals surface area contributed by atoms with E-state index in [0.29, 0.717) is 42.1 Å². The zero-order valence-electron chi connectivity index (χ0n) is 14.3. The molecular formula is C18H25NO4. The number of aliphatic hydroxyl groups is 1. The van der Waals surface area contributed by atoms with Crippen LogP contribution in [-0.4, -0.2) is 30.3 Å². The maximum absolute atomic E-state index is 13.1. The first-order chi connectivity index (χ1) is 10.9. The van der Waals surface area contributed by atoms with E-state index in [1.54, 1.807) is 24.1 Å². The maximum atomic E-state index is 13.1. The van der Waals surface area contributed by atoms with Gasteiger partial charge in [-0.25, -0.2) is 0 Å². The van der Waals surface area contributed by atoms with Crippen molar-refractivity contribution < 1.29 is 19.4 Å². The molecule has 0 aliphatic carbocycles. The molecule has 126 valence electrons. The van der Waals surface area contributed by atoms with Crippen LogP contribution in [0.15, 0.2) is 24.3 Å². The van der Waals surface area contributed by atoms with Gasteiger partial charge in [0.05, 0.1) is 19.4 Å². The van der Waals surface area contributed by atoms with E-state index in [-0.39, 0.29) is 12.5 Å². The molecule has 0 atom stereocenters. The fourth-order valence-electron chi connectivity index (χ4n) is 2.91. The Morgan fingerprint density at radius 1 is 1.39 bits per heavy atom. The number of benzene rings is 1. The summed E-state index contributed by atoms with van der Waals surface area (Å²) < 4.78 is 11.6. The molecule has 0 bridgehead atoms. The van der Waals surface area contributed by atoms with Crippen molar-refractivity contribution in [2.75, 3.05) is 18.6 Å².